The van der Waals surface area contributed by atoms with Crippen LogP contribution in [0, 0.1) is 11.8 Å². The summed E-state index contributed by atoms with van der Waals surface area (Å²) in [5.74, 6) is -0.148. The number of piperidine rings is 1. The molecule has 2 aliphatic rings. The topological polar surface area (TPSA) is 61.4 Å². The van der Waals surface area contributed by atoms with E-state index in [4.69, 9.17) is 0 Å². The SMILES string of the molecule is C[C@@H]1CN(C)[C@@H](c2ccccc2)[C@@H](C)[C@@]12NC(=O)NC2=O. The second-order valence-corrected chi connectivity index (χ2v) is 6.26. The number of hydrogen-bond acceptors (Lipinski definition) is 3. The average Bonchev–Trinajstić information content (AvgIpc) is 2.74. The van der Waals surface area contributed by atoms with Crippen LogP contribution in [0.1, 0.15) is 25.5 Å². The molecule has 2 saturated heterocycles. The fourth-order valence-electron chi connectivity index (χ4n) is 4.11. The Balaban J connectivity index is 2.04. The highest BCUT2D eigenvalue weighted by atomic mass is 16.2. The summed E-state index contributed by atoms with van der Waals surface area (Å²) in [7, 11) is 2.08. The summed E-state index contributed by atoms with van der Waals surface area (Å²) in [6, 6.07) is 9.88. The Morgan fingerprint density at radius 1 is 1.19 bits per heavy atom. The van der Waals surface area contributed by atoms with Crippen molar-refractivity contribution in [3.05, 3.63) is 35.9 Å². The number of hydrogen-bond donors (Lipinski definition) is 2. The molecule has 1 aromatic carbocycles. The van der Waals surface area contributed by atoms with E-state index in [1.165, 1.54) is 5.56 Å². The van der Waals surface area contributed by atoms with Crippen LogP contribution < -0.4 is 10.6 Å². The van der Waals surface area contributed by atoms with E-state index in [0.717, 1.165) is 6.54 Å². The molecule has 2 fully saturated rings. The molecule has 2 heterocycles. The van der Waals surface area contributed by atoms with E-state index >= 15 is 0 Å². The Morgan fingerprint density at radius 3 is 2.43 bits per heavy atom. The Hall–Kier alpha value is -1.88. The fourth-order valence-corrected chi connectivity index (χ4v) is 4.11. The summed E-state index contributed by atoms with van der Waals surface area (Å²) < 4.78 is 0. The maximum Gasteiger partial charge on any atom is 0.322 e. The van der Waals surface area contributed by atoms with Gasteiger partial charge >= 0.3 is 6.03 Å². The number of amides is 3. The first kappa shape index (κ1) is 14.1. The number of carbonyl (C=O) groups is 2. The van der Waals surface area contributed by atoms with Crippen molar-refractivity contribution in [2.24, 2.45) is 11.8 Å². The summed E-state index contributed by atoms with van der Waals surface area (Å²) >= 11 is 0. The van der Waals surface area contributed by atoms with Crippen LogP contribution >= 0.6 is 0 Å². The minimum absolute atomic E-state index is 0.0138. The number of rotatable bonds is 1. The van der Waals surface area contributed by atoms with Gasteiger partial charge in [0.2, 0.25) is 0 Å². The molecule has 0 radical (unpaired) electrons. The second-order valence-electron chi connectivity index (χ2n) is 6.26. The van der Waals surface area contributed by atoms with Crippen LogP contribution in [0.5, 0.6) is 0 Å². The Labute approximate surface area is 124 Å². The lowest BCUT2D eigenvalue weighted by molar-refractivity contribution is -0.132. The van der Waals surface area contributed by atoms with Crippen LogP contribution in [0.3, 0.4) is 0 Å². The zero-order valence-corrected chi connectivity index (χ0v) is 12.6. The first-order valence-electron chi connectivity index (χ1n) is 7.35. The van der Waals surface area contributed by atoms with Gasteiger partial charge in [-0.15, -0.1) is 0 Å². The highest BCUT2D eigenvalue weighted by Gasteiger charge is 2.59. The molecule has 1 aromatic rings. The average molecular weight is 287 g/mol. The van der Waals surface area contributed by atoms with E-state index in [2.05, 4.69) is 41.6 Å². The standard InChI is InChI=1S/C16H21N3O2/c1-10-9-19(3)13(12-7-5-4-6-8-12)11(2)16(10)14(20)17-15(21)18-16/h4-8,10-11,13H,9H2,1-3H3,(H2,17,18,20,21)/t10-,11-,13-,16+/m1/s1. The number of likely N-dealkylation sites (tertiary alicyclic amines) is 1. The zero-order chi connectivity index (χ0) is 15.2. The summed E-state index contributed by atoms with van der Waals surface area (Å²) in [5.41, 5.74) is 0.358. The molecule has 3 amide bonds. The molecule has 0 aromatic heterocycles. The molecule has 3 rings (SSSR count). The van der Waals surface area contributed by atoms with Crippen molar-refractivity contribution < 1.29 is 9.59 Å². The van der Waals surface area contributed by atoms with Crippen molar-refractivity contribution >= 4 is 11.9 Å². The molecule has 5 nitrogen and oxygen atoms in total. The van der Waals surface area contributed by atoms with Gasteiger partial charge in [-0.25, -0.2) is 4.79 Å². The van der Waals surface area contributed by atoms with E-state index < -0.39 is 5.54 Å². The van der Waals surface area contributed by atoms with Crippen LogP contribution in [0.2, 0.25) is 0 Å². The largest absolute Gasteiger partial charge is 0.323 e. The molecule has 0 aliphatic carbocycles. The summed E-state index contributed by atoms with van der Waals surface area (Å²) in [4.78, 5) is 26.4. The summed E-state index contributed by atoms with van der Waals surface area (Å²) in [5, 5.41) is 5.33. The van der Waals surface area contributed by atoms with Gasteiger partial charge in [0.15, 0.2) is 0 Å². The number of imide groups is 1. The summed E-state index contributed by atoms with van der Waals surface area (Å²) in [6.45, 7) is 4.84. The lowest BCUT2D eigenvalue weighted by Gasteiger charge is -2.50. The van der Waals surface area contributed by atoms with E-state index in [0.29, 0.717) is 0 Å². The van der Waals surface area contributed by atoms with Gasteiger partial charge in [0.1, 0.15) is 5.54 Å². The predicted molar refractivity (Wildman–Crippen MR) is 79.5 cm³/mol. The lowest BCUT2D eigenvalue weighted by atomic mass is 9.67. The van der Waals surface area contributed by atoms with E-state index in [9.17, 15) is 9.59 Å². The first-order chi connectivity index (χ1) is 9.96. The van der Waals surface area contributed by atoms with Gasteiger partial charge in [-0.3, -0.25) is 15.0 Å². The molecule has 2 aliphatic heterocycles. The molecule has 5 heteroatoms. The van der Waals surface area contributed by atoms with E-state index in [-0.39, 0.29) is 29.8 Å². The lowest BCUT2D eigenvalue weighted by Crippen LogP contribution is -2.65. The first-order valence-corrected chi connectivity index (χ1v) is 7.35. The van der Waals surface area contributed by atoms with Gasteiger partial charge in [0.25, 0.3) is 5.91 Å². The monoisotopic (exact) mass is 287 g/mol. The molecule has 112 valence electrons. The molecule has 2 N–H and O–H groups in total. The van der Waals surface area contributed by atoms with Crippen LogP contribution in [0.4, 0.5) is 4.79 Å². The van der Waals surface area contributed by atoms with Gasteiger partial charge in [-0.05, 0) is 12.6 Å². The molecule has 0 bridgehead atoms. The zero-order valence-electron chi connectivity index (χ0n) is 12.6. The number of carbonyl (C=O) groups excluding carboxylic acids is 2. The van der Waals surface area contributed by atoms with Crippen molar-refractivity contribution in [1.29, 1.82) is 0 Å². The third-order valence-corrected chi connectivity index (χ3v) is 5.07. The molecular formula is C16H21N3O2. The number of benzene rings is 1. The van der Waals surface area contributed by atoms with Gasteiger partial charge in [0.05, 0.1) is 0 Å². The fraction of sp³-hybridized carbons (Fsp3) is 0.500. The van der Waals surface area contributed by atoms with Gasteiger partial charge in [-0.1, -0.05) is 44.2 Å². The third-order valence-electron chi connectivity index (χ3n) is 5.07. The number of nitrogens with zero attached hydrogens (tertiary/aromatic N) is 1. The minimum Gasteiger partial charge on any atom is -0.323 e. The van der Waals surface area contributed by atoms with Crippen LogP contribution in [-0.2, 0) is 4.79 Å². The Bertz CT molecular complexity index is 574. The van der Waals surface area contributed by atoms with Crippen LogP contribution in [0.25, 0.3) is 0 Å². The maximum absolute atomic E-state index is 12.5. The number of urea groups is 1. The molecule has 0 saturated carbocycles. The molecule has 4 atom stereocenters. The molecular weight excluding hydrogens is 266 g/mol. The Kier molecular flexibility index (Phi) is 3.24. The van der Waals surface area contributed by atoms with Crippen molar-refractivity contribution in [2.45, 2.75) is 25.4 Å². The molecule has 0 unspecified atom stereocenters. The van der Waals surface area contributed by atoms with Crippen LogP contribution in [-0.4, -0.2) is 36.0 Å². The van der Waals surface area contributed by atoms with Crippen molar-refractivity contribution in [3.8, 4) is 0 Å². The van der Waals surface area contributed by atoms with Crippen LogP contribution in [0.15, 0.2) is 30.3 Å². The van der Waals surface area contributed by atoms with E-state index in [1.54, 1.807) is 0 Å². The Morgan fingerprint density at radius 2 is 1.86 bits per heavy atom. The predicted octanol–water partition coefficient (Wildman–Crippen LogP) is 1.52. The van der Waals surface area contributed by atoms with Crippen molar-refractivity contribution in [3.63, 3.8) is 0 Å². The smallest absolute Gasteiger partial charge is 0.322 e. The minimum atomic E-state index is -0.815. The van der Waals surface area contributed by atoms with E-state index in [1.807, 2.05) is 25.1 Å². The number of nitrogens with one attached hydrogen (secondary N) is 2. The van der Waals surface area contributed by atoms with Gasteiger partial charge in [0, 0.05) is 24.4 Å². The highest BCUT2D eigenvalue weighted by molar-refractivity contribution is 6.07. The second kappa shape index (κ2) is 4.84. The normalized spacial score (nSPS) is 36.6. The summed E-state index contributed by atoms with van der Waals surface area (Å²) in [6.07, 6.45) is 0. The third kappa shape index (κ3) is 1.95. The molecule has 1 spiro atoms. The maximum atomic E-state index is 12.5. The van der Waals surface area contributed by atoms with Gasteiger partial charge in [-0.2, -0.15) is 0 Å². The van der Waals surface area contributed by atoms with Gasteiger partial charge < -0.3 is 5.32 Å². The highest BCUT2D eigenvalue weighted by Crippen LogP contribution is 2.44. The van der Waals surface area contributed by atoms with Crippen molar-refractivity contribution in [2.75, 3.05) is 13.6 Å². The quantitative estimate of drug-likeness (QED) is 0.770. The molecule has 21 heavy (non-hydrogen) atoms. The van der Waals surface area contributed by atoms with Crippen molar-refractivity contribution in [1.82, 2.24) is 15.5 Å².